The van der Waals surface area contributed by atoms with Crippen LogP contribution in [0.15, 0.2) is 36.1 Å². The molecule has 1 atom stereocenters. The Morgan fingerprint density at radius 1 is 1.25 bits per heavy atom. The minimum absolute atomic E-state index is 0.368. The maximum atomic E-state index is 6.12. The third-order valence-corrected chi connectivity index (χ3v) is 3.89. The fourth-order valence-corrected chi connectivity index (χ4v) is 2.72. The maximum Gasteiger partial charge on any atom is 0.119 e. The van der Waals surface area contributed by atoms with Crippen LogP contribution in [-0.2, 0) is 4.74 Å². The number of allylic oxidation sites excluding steroid dienone is 5. The Labute approximate surface area is 125 Å². The number of piperidine rings is 1. The molecular weight excluding hydrogens is 246 g/mol. The Balaban J connectivity index is 2.44. The van der Waals surface area contributed by atoms with Crippen molar-refractivity contribution in [3.05, 3.63) is 36.1 Å². The van der Waals surface area contributed by atoms with Crippen molar-refractivity contribution in [2.75, 3.05) is 13.1 Å². The third-order valence-electron chi connectivity index (χ3n) is 3.89. The molecule has 0 spiro atoms. The Bertz CT molecular complexity index is 335. The third kappa shape index (κ3) is 5.96. The molecule has 1 fully saturated rings. The van der Waals surface area contributed by atoms with Gasteiger partial charge in [-0.25, -0.2) is 0 Å². The molecule has 1 unspecified atom stereocenters. The predicted octanol–water partition coefficient (Wildman–Crippen LogP) is 4.69. The van der Waals surface area contributed by atoms with E-state index in [0.29, 0.717) is 6.10 Å². The summed E-state index contributed by atoms with van der Waals surface area (Å²) < 4.78 is 6.12. The van der Waals surface area contributed by atoms with Gasteiger partial charge in [0, 0.05) is 19.1 Å². The molecule has 0 radical (unpaired) electrons. The summed E-state index contributed by atoms with van der Waals surface area (Å²) in [5.74, 6) is 0.977. The lowest BCUT2D eigenvalue weighted by Gasteiger charge is -2.36. The van der Waals surface area contributed by atoms with Crippen molar-refractivity contribution in [2.24, 2.45) is 0 Å². The number of hydrogen-bond acceptors (Lipinski definition) is 2. The van der Waals surface area contributed by atoms with Gasteiger partial charge in [-0.2, -0.15) is 0 Å². The van der Waals surface area contributed by atoms with E-state index in [2.05, 4.69) is 18.7 Å². The predicted molar refractivity (Wildman–Crippen MR) is 87.8 cm³/mol. The standard InChI is InChI=1S/C18H31NO/c1-5-8-11-17(10-7-3)20-18-12-14-19(15-13-18)16(4)9-6-2/h5,7-8,10-11,16,18H,6,9,12-15H2,1-4H3/b8-5+,10-7-,17-11+. The van der Waals surface area contributed by atoms with Crippen LogP contribution < -0.4 is 0 Å². The van der Waals surface area contributed by atoms with Crippen molar-refractivity contribution in [1.29, 1.82) is 0 Å². The molecule has 0 bridgehead atoms. The summed E-state index contributed by atoms with van der Waals surface area (Å²) in [6.07, 6.45) is 15.4. The normalized spacial score (nSPS) is 20.9. The molecule has 2 nitrogen and oxygen atoms in total. The number of hydrogen-bond donors (Lipinski definition) is 0. The minimum Gasteiger partial charge on any atom is -0.490 e. The lowest BCUT2D eigenvalue weighted by atomic mass is 10.0. The van der Waals surface area contributed by atoms with Crippen LogP contribution in [0, 0.1) is 0 Å². The number of likely N-dealkylation sites (tertiary alicyclic amines) is 1. The summed E-state index contributed by atoms with van der Waals surface area (Å²) in [6, 6.07) is 0.717. The summed E-state index contributed by atoms with van der Waals surface area (Å²) >= 11 is 0. The topological polar surface area (TPSA) is 12.5 Å². The van der Waals surface area contributed by atoms with Gasteiger partial charge in [0.1, 0.15) is 11.9 Å². The summed E-state index contributed by atoms with van der Waals surface area (Å²) in [4.78, 5) is 2.61. The van der Waals surface area contributed by atoms with Crippen molar-refractivity contribution in [2.45, 2.75) is 65.5 Å². The quantitative estimate of drug-likeness (QED) is 0.494. The van der Waals surface area contributed by atoms with E-state index in [1.165, 1.54) is 25.9 Å². The van der Waals surface area contributed by atoms with Gasteiger partial charge in [0.05, 0.1) is 0 Å². The van der Waals surface area contributed by atoms with Gasteiger partial charge in [0.2, 0.25) is 0 Å². The van der Waals surface area contributed by atoms with Crippen LogP contribution >= 0.6 is 0 Å². The Kier molecular flexibility index (Phi) is 8.36. The molecule has 0 aliphatic carbocycles. The molecule has 1 aliphatic heterocycles. The van der Waals surface area contributed by atoms with Crippen LogP contribution in [0.4, 0.5) is 0 Å². The van der Waals surface area contributed by atoms with E-state index in [1.54, 1.807) is 0 Å². The monoisotopic (exact) mass is 277 g/mol. The van der Waals surface area contributed by atoms with Gasteiger partial charge in [-0.05, 0) is 52.2 Å². The first-order chi connectivity index (χ1) is 9.71. The second-order valence-corrected chi connectivity index (χ2v) is 5.59. The molecule has 0 aromatic heterocycles. The first-order valence-corrected chi connectivity index (χ1v) is 8.07. The number of ether oxygens (including phenoxy) is 1. The molecule has 0 saturated carbocycles. The number of nitrogens with zero attached hydrogens (tertiary/aromatic N) is 1. The van der Waals surface area contributed by atoms with Crippen molar-refractivity contribution in [1.82, 2.24) is 4.90 Å². The van der Waals surface area contributed by atoms with E-state index < -0.39 is 0 Å². The van der Waals surface area contributed by atoms with Gasteiger partial charge in [-0.15, -0.1) is 0 Å². The van der Waals surface area contributed by atoms with Gasteiger partial charge in [-0.3, -0.25) is 0 Å². The Morgan fingerprint density at radius 3 is 2.50 bits per heavy atom. The Hall–Kier alpha value is -1.02. The molecule has 0 N–H and O–H groups in total. The molecule has 0 aromatic carbocycles. The molecule has 0 amide bonds. The van der Waals surface area contributed by atoms with Crippen LogP contribution in [0.3, 0.4) is 0 Å². The molecule has 1 rings (SSSR count). The van der Waals surface area contributed by atoms with Crippen LogP contribution in [-0.4, -0.2) is 30.1 Å². The SMILES string of the molecule is C\C=C/C(=C\C=C\C)OC1CCN(C(C)CCC)CC1. The number of rotatable bonds is 7. The van der Waals surface area contributed by atoms with Crippen molar-refractivity contribution < 1.29 is 4.74 Å². The first-order valence-electron chi connectivity index (χ1n) is 8.07. The molecule has 20 heavy (non-hydrogen) atoms. The van der Waals surface area contributed by atoms with Crippen LogP contribution in [0.1, 0.15) is 53.4 Å². The zero-order valence-electron chi connectivity index (χ0n) is 13.6. The lowest BCUT2D eigenvalue weighted by Crippen LogP contribution is -2.42. The highest BCUT2D eigenvalue weighted by Gasteiger charge is 2.23. The lowest BCUT2D eigenvalue weighted by molar-refractivity contribution is 0.0410. The molecule has 1 saturated heterocycles. The summed E-state index contributed by atoms with van der Waals surface area (Å²) in [7, 11) is 0. The van der Waals surface area contributed by atoms with E-state index in [-0.39, 0.29) is 0 Å². The average Bonchev–Trinajstić information content (AvgIpc) is 2.46. The summed E-state index contributed by atoms with van der Waals surface area (Å²) in [5, 5.41) is 0. The van der Waals surface area contributed by atoms with Gasteiger partial charge in [0.25, 0.3) is 0 Å². The van der Waals surface area contributed by atoms with E-state index in [0.717, 1.165) is 24.6 Å². The van der Waals surface area contributed by atoms with Gasteiger partial charge in [0.15, 0.2) is 0 Å². The second-order valence-electron chi connectivity index (χ2n) is 5.59. The summed E-state index contributed by atoms with van der Waals surface area (Å²) in [6.45, 7) is 11.0. The molecule has 1 aliphatic rings. The zero-order valence-corrected chi connectivity index (χ0v) is 13.6. The molecule has 114 valence electrons. The van der Waals surface area contributed by atoms with Gasteiger partial charge in [-0.1, -0.05) is 31.6 Å². The highest BCUT2D eigenvalue weighted by molar-refractivity contribution is 5.18. The fraction of sp³-hybridized carbons (Fsp3) is 0.667. The summed E-state index contributed by atoms with van der Waals surface area (Å²) in [5.41, 5.74) is 0. The van der Waals surface area contributed by atoms with Gasteiger partial charge < -0.3 is 9.64 Å². The molecular formula is C18H31NO. The van der Waals surface area contributed by atoms with Gasteiger partial charge >= 0.3 is 0 Å². The van der Waals surface area contributed by atoms with Crippen LogP contribution in [0.2, 0.25) is 0 Å². The molecule has 0 aromatic rings. The van der Waals surface area contributed by atoms with E-state index >= 15 is 0 Å². The van der Waals surface area contributed by atoms with Crippen molar-refractivity contribution in [3.8, 4) is 0 Å². The zero-order chi connectivity index (χ0) is 14.8. The van der Waals surface area contributed by atoms with Crippen LogP contribution in [0.25, 0.3) is 0 Å². The second kappa shape index (κ2) is 9.82. The minimum atomic E-state index is 0.368. The Morgan fingerprint density at radius 2 is 1.95 bits per heavy atom. The maximum absolute atomic E-state index is 6.12. The smallest absolute Gasteiger partial charge is 0.119 e. The molecule has 2 heteroatoms. The van der Waals surface area contributed by atoms with Crippen molar-refractivity contribution in [3.63, 3.8) is 0 Å². The van der Waals surface area contributed by atoms with E-state index in [4.69, 9.17) is 4.74 Å². The highest BCUT2D eigenvalue weighted by Crippen LogP contribution is 2.20. The van der Waals surface area contributed by atoms with Crippen LogP contribution in [0.5, 0.6) is 0 Å². The highest BCUT2D eigenvalue weighted by atomic mass is 16.5. The average molecular weight is 277 g/mol. The largest absolute Gasteiger partial charge is 0.490 e. The van der Waals surface area contributed by atoms with E-state index in [9.17, 15) is 0 Å². The van der Waals surface area contributed by atoms with E-state index in [1.807, 2.05) is 44.2 Å². The fourth-order valence-electron chi connectivity index (χ4n) is 2.72. The van der Waals surface area contributed by atoms with Crippen molar-refractivity contribution >= 4 is 0 Å². The first kappa shape index (κ1) is 17.0. The molecule has 1 heterocycles.